The molecule has 1 aliphatic heterocycles. The highest BCUT2D eigenvalue weighted by Gasteiger charge is 2.23. The molecule has 2 heterocycles. The first-order valence-corrected chi connectivity index (χ1v) is 8.10. The molecule has 0 unspecified atom stereocenters. The minimum absolute atomic E-state index is 0.00313. The summed E-state index contributed by atoms with van der Waals surface area (Å²) in [7, 11) is 0. The molecule has 1 aromatic heterocycles. The monoisotopic (exact) mass is 350 g/mol. The summed E-state index contributed by atoms with van der Waals surface area (Å²) in [6.45, 7) is 3.62. The molecule has 0 atom stereocenters. The van der Waals surface area contributed by atoms with Crippen molar-refractivity contribution in [3.63, 3.8) is 0 Å². The van der Waals surface area contributed by atoms with E-state index in [2.05, 4.69) is 20.2 Å². The number of benzene rings is 1. The molecule has 126 valence electrons. The minimum atomic E-state index is -0.500. The van der Waals surface area contributed by atoms with Crippen molar-refractivity contribution >= 4 is 29.1 Å². The van der Waals surface area contributed by atoms with Crippen molar-refractivity contribution in [3.05, 3.63) is 47.5 Å². The Kier molecular flexibility index (Phi) is 5.22. The van der Waals surface area contributed by atoms with Gasteiger partial charge in [0.15, 0.2) is 6.54 Å². The SMILES string of the molecule is O=C(C[NH+]1CCN(c2ncccn2)CC1)Nc1ccc(F)c(Cl)c1. The van der Waals surface area contributed by atoms with E-state index in [1.807, 2.05) is 0 Å². The summed E-state index contributed by atoms with van der Waals surface area (Å²) < 4.78 is 13.1. The van der Waals surface area contributed by atoms with Crippen LogP contribution in [-0.4, -0.2) is 48.6 Å². The van der Waals surface area contributed by atoms with E-state index in [4.69, 9.17) is 11.6 Å². The lowest BCUT2D eigenvalue weighted by atomic mass is 10.3. The molecule has 1 amide bonds. The maximum atomic E-state index is 13.1. The van der Waals surface area contributed by atoms with Crippen LogP contribution in [0, 0.1) is 5.82 Å². The zero-order valence-corrected chi connectivity index (χ0v) is 13.8. The lowest BCUT2D eigenvalue weighted by molar-refractivity contribution is -0.892. The van der Waals surface area contributed by atoms with Crippen LogP contribution in [0.25, 0.3) is 0 Å². The maximum Gasteiger partial charge on any atom is 0.279 e. The normalized spacial score (nSPS) is 15.3. The van der Waals surface area contributed by atoms with Gasteiger partial charge >= 0.3 is 0 Å². The topological polar surface area (TPSA) is 62.6 Å². The van der Waals surface area contributed by atoms with E-state index < -0.39 is 5.82 Å². The summed E-state index contributed by atoms with van der Waals surface area (Å²) in [6, 6.07) is 5.94. The molecule has 0 radical (unpaired) electrons. The van der Waals surface area contributed by atoms with Crippen molar-refractivity contribution in [2.75, 3.05) is 42.9 Å². The average molecular weight is 351 g/mol. The highest BCUT2D eigenvalue weighted by molar-refractivity contribution is 6.31. The van der Waals surface area contributed by atoms with Crippen molar-refractivity contribution in [2.45, 2.75) is 0 Å². The highest BCUT2D eigenvalue weighted by Crippen LogP contribution is 2.19. The number of piperazine rings is 1. The third kappa shape index (κ3) is 4.18. The van der Waals surface area contributed by atoms with Crippen LogP contribution in [0.15, 0.2) is 36.7 Å². The van der Waals surface area contributed by atoms with Gasteiger partial charge in [-0.1, -0.05) is 11.6 Å². The summed E-state index contributed by atoms with van der Waals surface area (Å²) in [4.78, 5) is 23.9. The number of aromatic nitrogens is 2. The third-order valence-corrected chi connectivity index (χ3v) is 4.21. The molecule has 1 saturated heterocycles. The number of anilines is 2. The second-order valence-electron chi connectivity index (χ2n) is 5.64. The highest BCUT2D eigenvalue weighted by atomic mass is 35.5. The Hall–Kier alpha value is -2.25. The summed E-state index contributed by atoms with van der Waals surface area (Å²) in [5.74, 6) is 0.110. The molecule has 1 fully saturated rings. The van der Waals surface area contributed by atoms with Crippen LogP contribution in [0.3, 0.4) is 0 Å². The van der Waals surface area contributed by atoms with Crippen LogP contribution in [0.4, 0.5) is 16.0 Å². The van der Waals surface area contributed by atoms with E-state index in [0.29, 0.717) is 12.2 Å². The molecule has 1 aromatic carbocycles. The van der Waals surface area contributed by atoms with E-state index in [1.165, 1.54) is 23.1 Å². The van der Waals surface area contributed by atoms with E-state index in [9.17, 15) is 9.18 Å². The van der Waals surface area contributed by atoms with Gasteiger partial charge in [0, 0.05) is 18.1 Å². The van der Waals surface area contributed by atoms with Gasteiger partial charge < -0.3 is 15.1 Å². The number of nitrogens with one attached hydrogen (secondary N) is 2. The molecule has 2 N–H and O–H groups in total. The molecular weight excluding hydrogens is 333 g/mol. The fourth-order valence-electron chi connectivity index (χ4n) is 2.66. The van der Waals surface area contributed by atoms with Gasteiger partial charge in [0.25, 0.3) is 5.91 Å². The smallest absolute Gasteiger partial charge is 0.279 e. The van der Waals surface area contributed by atoms with Gasteiger partial charge in [0.1, 0.15) is 5.82 Å². The number of hydrogen-bond donors (Lipinski definition) is 2. The summed E-state index contributed by atoms with van der Waals surface area (Å²) in [5, 5.41) is 2.75. The minimum Gasteiger partial charge on any atom is -0.330 e. The van der Waals surface area contributed by atoms with Crippen LogP contribution in [-0.2, 0) is 4.79 Å². The zero-order chi connectivity index (χ0) is 16.9. The first-order valence-electron chi connectivity index (χ1n) is 7.72. The summed E-state index contributed by atoms with van der Waals surface area (Å²) in [5.41, 5.74) is 0.502. The second kappa shape index (κ2) is 7.55. The lowest BCUT2D eigenvalue weighted by Gasteiger charge is -2.31. The number of amides is 1. The summed E-state index contributed by atoms with van der Waals surface area (Å²) >= 11 is 5.71. The molecule has 2 aromatic rings. The van der Waals surface area contributed by atoms with Crippen LogP contribution in [0.2, 0.25) is 5.02 Å². The van der Waals surface area contributed by atoms with Gasteiger partial charge in [-0.3, -0.25) is 4.79 Å². The van der Waals surface area contributed by atoms with Gasteiger partial charge in [-0.05, 0) is 24.3 Å². The molecular formula is C16H18ClFN5O+. The number of rotatable bonds is 4. The molecule has 8 heteroatoms. The van der Waals surface area contributed by atoms with Gasteiger partial charge in [-0.2, -0.15) is 0 Å². The Morgan fingerprint density at radius 2 is 2.00 bits per heavy atom. The fourth-order valence-corrected chi connectivity index (χ4v) is 2.84. The number of nitrogens with zero attached hydrogens (tertiary/aromatic N) is 3. The van der Waals surface area contributed by atoms with Crippen molar-refractivity contribution in [3.8, 4) is 0 Å². The molecule has 3 rings (SSSR count). The first kappa shape index (κ1) is 16.6. The predicted molar refractivity (Wildman–Crippen MR) is 89.8 cm³/mol. The Morgan fingerprint density at radius 3 is 2.67 bits per heavy atom. The van der Waals surface area contributed by atoms with Crippen molar-refractivity contribution in [1.29, 1.82) is 0 Å². The fraction of sp³-hybridized carbons (Fsp3) is 0.312. The van der Waals surface area contributed by atoms with Crippen LogP contribution < -0.4 is 15.1 Å². The lowest BCUT2D eigenvalue weighted by Crippen LogP contribution is -3.15. The molecule has 24 heavy (non-hydrogen) atoms. The number of quaternary nitrogens is 1. The van der Waals surface area contributed by atoms with E-state index in [0.717, 1.165) is 32.1 Å². The molecule has 6 nitrogen and oxygen atoms in total. The predicted octanol–water partition coefficient (Wildman–Crippen LogP) is 0.613. The Balaban J connectivity index is 1.49. The van der Waals surface area contributed by atoms with Crippen molar-refractivity contribution in [2.24, 2.45) is 0 Å². The third-order valence-electron chi connectivity index (χ3n) is 3.92. The largest absolute Gasteiger partial charge is 0.330 e. The molecule has 0 spiro atoms. The number of hydrogen-bond acceptors (Lipinski definition) is 4. The molecule has 0 bridgehead atoms. The van der Waals surface area contributed by atoms with Gasteiger partial charge in [0.05, 0.1) is 31.2 Å². The quantitative estimate of drug-likeness (QED) is 0.848. The van der Waals surface area contributed by atoms with Gasteiger partial charge in [-0.15, -0.1) is 0 Å². The Bertz CT molecular complexity index is 707. The van der Waals surface area contributed by atoms with E-state index >= 15 is 0 Å². The molecule has 0 saturated carbocycles. The average Bonchev–Trinajstić information content (AvgIpc) is 2.59. The molecule has 0 aliphatic carbocycles. The van der Waals surface area contributed by atoms with Gasteiger partial charge in [-0.25, -0.2) is 14.4 Å². The standard InChI is InChI=1S/C16H17ClFN5O/c17-13-10-12(2-3-14(13)18)21-15(24)11-22-6-8-23(9-7-22)16-19-4-1-5-20-16/h1-5,10H,6-9,11H2,(H,21,24)/p+1. The number of carbonyl (C=O) groups is 1. The Labute approximate surface area is 144 Å². The second-order valence-corrected chi connectivity index (χ2v) is 6.05. The molecule has 1 aliphatic rings. The van der Waals surface area contributed by atoms with E-state index in [-0.39, 0.29) is 10.9 Å². The van der Waals surface area contributed by atoms with Crippen molar-refractivity contribution in [1.82, 2.24) is 9.97 Å². The van der Waals surface area contributed by atoms with Gasteiger partial charge in [0.2, 0.25) is 5.95 Å². The van der Waals surface area contributed by atoms with Crippen molar-refractivity contribution < 1.29 is 14.1 Å². The maximum absolute atomic E-state index is 13.1. The van der Waals surface area contributed by atoms with Crippen LogP contribution in [0.5, 0.6) is 0 Å². The van der Waals surface area contributed by atoms with E-state index in [1.54, 1.807) is 18.5 Å². The van der Waals surface area contributed by atoms with Crippen LogP contribution >= 0.6 is 11.6 Å². The Morgan fingerprint density at radius 1 is 1.29 bits per heavy atom. The van der Waals surface area contributed by atoms with Crippen LogP contribution in [0.1, 0.15) is 0 Å². The number of halogens is 2. The summed E-state index contributed by atoms with van der Waals surface area (Å²) in [6.07, 6.45) is 3.45. The zero-order valence-electron chi connectivity index (χ0n) is 13.0. The number of carbonyl (C=O) groups excluding carboxylic acids is 1. The first-order chi connectivity index (χ1) is 11.6.